The van der Waals surface area contributed by atoms with Gasteiger partial charge in [-0.15, -0.1) is 0 Å². The van der Waals surface area contributed by atoms with Crippen molar-refractivity contribution in [2.24, 2.45) is 23.7 Å². The first-order valence-corrected chi connectivity index (χ1v) is 5.89. The molecule has 15 heavy (non-hydrogen) atoms. The molecule has 0 spiro atoms. The van der Waals surface area contributed by atoms with Crippen LogP contribution < -0.4 is 0 Å². The zero-order chi connectivity index (χ0) is 11.2. The van der Waals surface area contributed by atoms with Gasteiger partial charge < -0.3 is 9.84 Å². The van der Waals surface area contributed by atoms with E-state index in [2.05, 4.69) is 6.92 Å². The Kier molecular flexibility index (Phi) is 2.75. The van der Waals surface area contributed by atoms with Crippen molar-refractivity contribution in [3.63, 3.8) is 0 Å². The molecule has 2 rings (SSSR count). The number of ether oxygens (including phenoxy) is 1. The summed E-state index contributed by atoms with van der Waals surface area (Å²) in [5.74, 6) is 0.670. The van der Waals surface area contributed by atoms with Crippen LogP contribution in [-0.2, 0) is 9.53 Å². The van der Waals surface area contributed by atoms with Crippen LogP contribution in [0.4, 0.5) is 0 Å². The third-order valence-electron chi connectivity index (χ3n) is 3.84. The molecule has 3 nitrogen and oxygen atoms in total. The van der Waals surface area contributed by atoms with E-state index in [0.717, 1.165) is 5.92 Å². The van der Waals surface area contributed by atoms with Crippen LogP contribution in [0, 0.1) is 23.7 Å². The maximum Gasteiger partial charge on any atom is 0.309 e. The Morgan fingerprint density at radius 2 is 2.00 bits per heavy atom. The highest BCUT2D eigenvalue weighted by Gasteiger charge is 2.49. The number of carboxylic acids is 1. The first-order chi connectivity index (χ1) is 7.00. The van der Waals surface area contributed by atoms with Gasteiger partial charge in [-0.1, -0.05) is 20.8 Å². The van der Waals surface area contributed by atoms with Crippen molar-refractivity contribution in [1.29, 1.82) is 0 Å². The third kappa shape index (κ3) is 2.03. The third-order valence-corrected chi connectivity index (χ3v) is 3.84. The van der Waals surface area contributed by atoms with Crippen molar-refractivity contribution < 1.29 is 14.6 Å². The molecule has 0 aromatic rings. The predicted molar refractivity (Wildman–Crippen MR) is 56.5 cm³/mol. The van der Waals surface area contributed by atoms with Gasteiger partial charge in [0.2, 0.25) is 0 Å². The molecule has 5 atom stereocenters. The van der Waals surface area contributed by atoms with Gasteiger partial charge in [-0.3, -0.25) is 4.79 Å². The Morgan fingerprint density at radius 1 is 1.40 bits per heavy atom. The van der Waals surface area contributed by atoms with E-state index in [0.29, 0.717) is 18.3 Å². The zero-order valence-corrected chi connectivity index (χ0v) is 9.64. The van der Waals surface area contributed by atoms with E-state index < -0.39 is 5.97 Å². The van der Waals surface area contributed by atoms with Crippen LogP contribution in [0.2, 0.25) is 0 Å². The highest BCUT2D eigenvalue weighted by Crippen LogP contribution is 2.48. The summed E-state index contributed by atoms with van der Waals surface area (Å²) in [6.07, 6.45) is 2.04. The lowest BCUT2D eigenvalue weighted by molar-refractivity contribution is -0.144. The highest BCUT2D eigenvalue weighted by atomic mass is 16.5. The first-order valence-electron chi connectivity index (χ1n) is 5.89. The molecule has 2 fully saturated rings. The predicted octanol–water partition coefficient (Wildman–Crippen LogP) is 2.16. The molecule has 86 valence electrons. The fourth-order valence-corrected chi connectivity index (χ4v) is 2.74. The Bertz CT molecular complexity index is 262. The highest BCUT2D eigenvalue weighted by molar-refractivity contribution is 5.71. The fourth-order valence-electron chi connectivity index (χ4n) is 2.74. The number of aliphatic carboxylic acids is 1. The Balaban J connectivity index is 2.02. The van der Waals surface area contributed by atoms with E-state index in [9.17, 15) is 4.79 Å². The molecule has 1 saturated carbocycles. The molecule has 0 amide bonds. The van der Waals surface area contributed by atoms with E-state index in [-0.39, 0.29) is 18.1 Å². The van der Waals surface area contributed by atoms with Crippen LogP contribution in [0.25, 0.3) is 0 Å². The monoisotopic (exact) mass is 212 g/mol. The van der Waals surface area contributed by atoms with E-state index in [1.807, 2.05) is 13.8 Å². The topological polar surface area (TPSA) is 46.5 Å². The number of rotatable bonds is 3. The molecule has 3 heteroatoms. The summed E-state index contributed by atoms with van der Waals surface area (Å²) in [6, 6.07) is 0. The summed E-state index contributed by atoms with van der Waals surface area (Å²) in [4.78, 5) is 11.1. The fraction of sp³-hybridized carbons (Fsp3) is 0.917. The van der Waals surface area contributed by atoms with Gasteiger partial charge in [0.15, 0.2) is 0 Å². The van der Waals surface area contributed by atoms with Crippen molar-refractivity contribution in [3.05, 3.63) is 0 Å². The number of carbonyl (C=O) groups is 1. The number of carboxylic acid groups (broad SMARTS) is 1. The standard InChI is InChI=1S/C12H20O3/c1-6(2)11-9(12(13)14)5-10(15-11)8-4-7(8)3/h6-11H,4-5H2,1-3H3,(H,13,14). The van der Waals surface area contributed by atoms with Gasteiger partial charge >= 0.3 is 5.97 Å². The van der Waals surface area contributed by atoms with Crippen LogP contribution in [-0.4, -0.2) is 23.3 Å². The summed E-state index contributed by atoms with van der Waals surface area (Å²) in [5.41, 5.74) is 0. The minimum absolute atomic E-state index is 0.0831. The lowest BCUT2D eigenvalue weighted by Crippen LogP contribution is -2.28. The van der Waals surface area contributed by atoms with Crippen molar-refractivity contribution in [1.82, 2.24) is 0 Å². The van der Waals surface area contributed by atoms with Gasteiger partial charge in [0.25, 0.3) is 0 Å². The smallest absolute Gasteiger partial charge is 0.309 e. The van der Waals surface area contributed by atoms with Crippen molar-refractivity contribution in [2.45, 2.75) is 45.8 Å². The minimum Gasteiger partial charge on any atom is -0.481 e. The van der Waals surface area contributed by atoms with Gasteiger partial charge in [-0.25, -0.2) is 0 Å². The molecular weight excluding hydrogens is 192 g/mol. The largest absolute Gasteiger partial charge is 0.481 e. The molecule has 5 unspecified atom stereocenters. The summed E-state index contributed by atoms with van der Waals surface area (Å²) >= 11 is 0. The van der Waals surface area contributed by atoms with Crippen LogP contribution in [0.5, 0.6) is 0 Å². The second-order valence-corrected chi connectivity index (χ2v) is 5.44. The molecule has 0 aromatic carbocycles. The van der Waals surface area contributed by atoms with Crippen molar-refractivity contribution in [2.75, 3.05) is 0 Å². The summed E-state index contributed by atoms with van der Waals surface area (Å²) < 4.78 is 5.91. The Labute approximate surface area is 90.8 Å². The Morgan fingerprint density at radius 3 is 2.33 bits per heavy atom. The second kappa shape index (κ2) is 3.78. The van der Waals surface area contributed by atoms with Gasteiger partial charge in [-0.05, 0) is 30.6 Å². The average Bonchev–Trinajstić information content (AvgIpc) is 2.72. The molecule has 1 N–H and O–H groups in total. The minimum atomic E-state index is -0.690. The molecule has 0 radical (unpaired) electrons. The second-order valence-electron chi connectivity index (χ2n) is 5.44. The normalized spacial score (nSPS) is 44.7. The van der Waals surface area contributed by atoms with Gasteiger partial charge in [0.1, 0.15) is 0 Å². The number of hydrogen-bond acceptors (Lipinski definition) is 2. The first kappa shape index (κ1) is 10.9. The van der Waals surface area contributed by atoms with Gasteiger partial charge in [0.05, 0.1) is 18.1 Å². The molecule has 1 aliphatic carbocycles. The van der Waals surface area contributed by atoms with Gasteiger partial charge in [0, 0.05) is 0 Å². The lowest BCUT2D eigenvalue weighted by Gasteiger charge is -2.19. The van der Waals surface area contributed by atoms with Crippen LogP contribution >= 0.6 is 0 Å². The summed E-state index contributed by atoms with van der Waals surface area (Å²) in [7, 11) is 0. The zero-order valence-electron chi connectivity index (χ0n) is 9.64. The van der Waals surface area contributed by atoms with Crippen LogP contribution in [0.1, 0.15) is 33.6 Å². The quantitative estimate of drug-likeness (QED) is 0.779. The van der Waals surface area contributed by atoms with Crippen LogP contribution in [0.15, 0.2) is 0 Å². The molecule has 1 saturated heterocycles. The number of hydrogen-bond donors (Lipinski definition) is 1. The lowest BCUT2D eigenvalue weighted by atomic mass is 9.91. The molecule has 1 aliphatic heterocycles. The SMILES string of the molecule is CC(C)C1OC(C2CC2C)CC1C(=O)O. The van der Waals surface area contributed by atoms with Gasteiger partial charge in [-0.2, -0.15) is 0 Å². The van der Waals surface area contributed by atoms with E-state index >= 15 is 0 Å². The van der Waals surface area contributed by atoms with Crippen molar-refractivity contribution in [3.8, 4) is 0 Å². The van der Waals surface area contributed by atoms with Crippen LogP contribution in [0.3, 0.4) is 0 Å². The molecule has 2 aliphatic rings. The summed E-state index contributed by atoms with van der Waals surface area (Å²) in [5, 5.41) is 9.14. The maximum atomic E-state index is 11.1. The van der Waals surface area contributed by atoms with Crippen molar-refractivity contribution >= 4 is 5.97 Å². The van der Waals surface area contributed by atoms with E-state index in [4.69, 9.17) is 9.84 Å². The van der Waals surface area contributed by atoms with E-state index in [1.165, 1.54) is 6.42 Å². The molecule has 0 bridgehead atoms. The molecule has 1 heterocycles. The Hall–Kier alpha value is -0.570. The molecule has 0 aromatic heterocycles. The summed E-state index contributed by atoms with van der Waals surface area (Å²) in [6.45, 7) is 6.30. The average molecular weight is 212 g/mol. The maximum absolute atomic E-state index is 11.1. The van der Waals surface area contributed by atoms with E-state index in [1.54, 1.807) is 0 Å². The molecular formula is C12H20O3.